The van der Waals surface area contributed by atoms with Crippen LogP contribution in [0.15, 0.2) is 62.6 Å². The van der Waals surface area contributed by atoms with E-state index in [4.69, 9.17) is 16.0 Å². The van der Waals surface area contributed by atoms with E-state index in [2.05, 4.69) is 26.1 Å². The number of fused-ring (bicyclic) bond motifs is 1. The summed E-state index contributed by atoms with van der Waals surface area (Å²) < 4.78 is 7.75. The van der Waals surface area contributed by atoms with Crippen LogP contribution in [0.5, 0.6) is 0 Å². The standard InChI is InChI=1S/C19H12BrClN2O2S2/c1-10(16(24)11-6-8-12(20)9-7-11)26-19-23-22-18(25-19)17-15(21)13-4-2-3-5-14(13)27-17/h2-10H,1H3. The molecule has 0 N–H and O–H groups in total. The minimum atomic E-state index is -0.350. The van der Waals surface area contributed by atoms with Crippen LogP contribution < -0.4 is 0 Å². The van der Waals surface area contributed by atoms with Gasteiger partial charge in [0.15, 0.2) is 5.78 Å². The molecule has 0 spiro atoms. The number of hydrogen-bond acceptors (Lipinski definition) is 6. The van der Waals surface area contributed by atoms with Gasteiger partial charge in [-0.1, -0.05) is 69.6 Å². The molecule has 0 aliphatic carbocycles. The van der Waals surface area contributed by atoms with Gasteiger partial charge in [0, 0.05) is 20.1 Å². The lowest BCUT2D eigenvalue weighted by Crippen LogP contribution is -2.13. The molecule has 4 aromatic rings. The summed E-state index contributed by atoms with van der Waals surface area (Å²) in [6, 6.07) is 15.1. The van der Waals surface area contributed by atoms with Crippen molar-refractivity contribution in [3.05, 3.63) is 63.6 Å². The Morgan fingerprint density at radius 2 is 1.93 bits per heavy atom. The van der Waals surface area contributed by atoms with Gasteiger partial charge in [-0.2, -0.15) is 0 Å². The Morgan fingerprint density at radius 1 is 1.19 bits per heavy atom. The molecular weight excluding hydrogens is 468 g/mol. The minimum Gasteiger partial charge on any atom is -0.410 e. The van der Waals surface area contributed by atoms with Crippen LogP contribution in [-0.4, -0.2) is 21.2 Å². The molecule has 4 nitrogen and oxygen atoms in total. The largest absolute Gasteiger partial charge is 0.410 e. The smallest absolute Gasteiger partial charge is 0.277 e. The van der Waals surface area contributed by atoms with Crippen LogP contribution in [0, 0.1) is 0 Å². The van der Waals surface area contributed by atoms with E-state index >= 15 is 0 Å². The molecule has 1 unspecified atom stereocenters. The van der Waals surface area contributed by atoms with Gasteiger partial charge in [-0.15, -0.1) is 21.5 Å². The molecule has 136 valence electrons. The molecule has 1 atom stereocenters. The summed E-state index contributed by atoms with van der Waals surface area (Å²) in [5.74, 6) is 0.374. The van der Waals surface area contributed by atoms with Crippen LogP contribution >= 0.6 is 50.6 Å². The topological polar surface area (TPSA) is 56.0 Å². The zero-order chi connectivity index (χ0) is 19.0. The zero-order valence-electron chi connectivity index (χ0n) is 14.0. The lowest BCUT2D eigenvalue weighted by molar-refractivity contribution is 0.0993. The Kier molecular flexibility index (Phi) is 5.36. The fraction of sp³-hybridized carbons (Fsp3) is 0.105. The summed E-state index contributed by atoms with van der Waals surface area (Å²) in [4.78, 5) is 13.3. The highest BCUT2D eigenvalue weighted by atomic mass is 79.9. The first kappa shape index (κ1) is 18.7. The first-order chi connectivity index (χ1) is 13.0. The molecule has 0 aliphatic heterocycles. The maximum absolute atomic E-state index is 12.6. The van der Waals surface area contributed by atoms with Crippen molar-refractivity contribution in [2.45, 2.75) is 17.4 Å². The van der Waals surface area contributed by atoms with Gasteiger partial charge in [0.25, 0.3) is 11.1 Å². The van der Waals surface area contributed by atoms with Crippen molar-refractivity contribution in [3.8, 4) is 10.8 Å². The minimum absolute atomic E-state index is 0.00662. The average Bonchev–Trinajstić information content (AvgIpc) is 3.26. The van der Waals surface area contributed by atoms with Crippen LogP contribution in [0.2, 0.25) is 5.02 Å². The van der Waals surface area contributed by atoms with E-state index in [1.165, 1.54) is 23.1 Å². The van der Waals surface area contributed by atoms with E-state index in [1.807, 2.05) is 43.3 Å². The molecule has 0 aliphatic rings. The fourth-order valence-electron chi connectivity index (χ4n) is 2.55. The first-order valence-electron chi connectivity index (χ1n) is 8.00. The van der Waals surface area contributed by atoms with Crippen molar-refractivity contribution < 1.29 is 9.21 Å². The highest BCUT2D eigenvalue weighted by molar-refractivity contribution is 9.10. The number of carbonyl (C=O) groups is 1. The normalized spacial score (nSPS) is 12.4. The lowest BCUT2D eigenvalue weighted by Gasteiger charge is -2.07. The second kappa shape index (κ2) is 7.75. The SMILES string of the molecule is CC(Sc1nnc(-c2sc3ccccc3c2Cl)o1)C(=O)c1ccc(Br)cc1. The quantitative estimate of drug-likeness (QED) is 0.234. The molecule has 2 heterocycles. The number of benzene rings is 2. The highest BCUT2D eigenvalue weighted by Crippen LogP contribution is 2.42. The van der Waals surface area contributed by atoms with Gasteiger partial charge in [0.2, 0.25) is 0 Å². The van der Waals surface area contributed by atoms with E-state index in [9.17, 15) is 4.79 Å². The Labute approximate surface area is 177 Å². The highest BCUT2D eigenvalue weighted by Gasteiger charge is 2.22. The second-order valence-corrected chi connectivity index (χ2v) is 9.38. The number of carbonyl (C=O) groups excluding carboxylic acids is 1. The molecule has 0 saturated heterocycles. The van der Waals surface area contributed by atoms with Crippen molar-refractivity contribution in [3.63, 3.8) is 0 Å². The summed E-state index contributed by atoms with van der Waals surface area (Å²) in [7, 11) is 0. The van der Waals surface area contributed by atoms with Gasteiger partial charge < -0.3 is 4.42 Å². The van der Waals surface area contributed by atoms with Gasteiger partial charge in [-0.25, -0.2) is 0 Å². The Balaban J connectivity index is 1.54. The van der Waals surface area contributed by atoms with Crippen molar-refractivity contribution in [1.29, 1.82) is 0 Å². The van der Waals surface area contributed by atoms with Crippen molar-refractivity contribution >= 4 is 66.5 Å². The van der Waals surface area contributed by atoms with E-state index in [1.54, 1.807) is 12.1 Å². The summed E-state index contributed by atoms with van der Waals surface area (Å²) >= 11 is 12.6. The second-order valence-electron chi connectivity index (χ2n) is 5.75. The van der Waals surface area contributed by atoms with Crippen LogP contribution in [0.1, 0.15) is 17.3 Å². The van der Waals surface area contributed by atoms with Crippen LogP contribution in [0.25, 0.3) is 20.9 Å². The van der Waals surface area contributed by atoms with Crippen molar-refractivity contribution in [2.24, 2.45) is 0 Å². The molecule has 27 heavy (non-hydrogen) atoms. The van der Waals surface area contributed by atoms with Gasteiger partial charge in [0.05, 0.1) is 10.3 Å². The predicted molar refractivity (Wildman–Crippen MR) is 114 cm³/mol. The number of thiophene rings is 1. The Morgan fingerprint density at radius 3 is 2.67 bits per heavy atom. The molecule has 4 rings (SSSR count). The van der Waals surface area contributed by atoms with Crippen molar-refractivity contribution in [1.82, 2.24) is 10.2 Å². The molecule has 0 amide bonds. The van der Waals surface area contributed by atoms with Crippen LogP contribution in [0.3, 0.4) is 0 Å². The summed E-state index contributed by atoms with van der Waals surface area (Å²) in [5.41, 5.74) is 0.644. The first-order valence-corrected chi connectivity index (χ1v) is 10.9. The number of rotatable bonds is 5. The van der Waals surface area contributed by atoms with Crippen molar-refractivity contribution in [2.75, 3.05) is 0 Å². The third kappa shape index (κ3) is 3.82. The van der Waals surface area contributed by atoms with E-state index in [0.29, 0.717) is 21.7 Å². The predicted octanol–water partition coefficient (Wildman–Crippen LogP) is 6.73. The zero-order valence-corrected chi connectivity index (χ0v) is 18.0. The third-order valence-electron chi connectivity index (χ3n) is 3.91. The fourth-order valence-corrected chi connectivity index (χ4v) is 5.01. The number of ketones is 1. The molecular formula is C19H12BrClN2O2S2. The molecule has 8 heteroatoms. The maximum Gasteiger partial charge on any atom is 0.277 e. The van der Waals surface area contributed by atoms with Gasteiger partial charge in [0.1, 0.15) is 4.88 Å². The number of thioether (sulfide) groups is 1. The molecule has 2 aromatic carbocycles. The Bertz CT molecular complexity index is 1120. The van der Waals surface area contributed by atoms with E-state index in [-0.39, 0.29) is 11.0 Å². The molecule has 0 radical (unpaired) electrons. The van der Waals surface area contributed by atoms with E-state index < -0.39 is 0 Å². The van der Waals surface area contributed by atoms with Gasteiger partial charge >= 0.3 is 0 Å². The summed E-state index contributed by atoms with van der Waals surface area (Å²) in [5, 5.41) is 9.74. The molecule has 0 saturated carbocycles. The average molecular weight is 480 g/mol. The van der Waals surface area contributed by atoms with Gasteiger partial charge in [-0.05, 0) is 25.1 Å². The number of aromatic nitrogens is 2. The molecule has 2 aromatic heterocycles. The summed E-state index contributed by atoms with van der Waals surface area (Å²) in [6.07, 6.45) is 0. The summed E-state index contributed by atoms with van der Waals surface area (Å²) in [6.45, 7) is 1.82. The number of nitrogens with zero attached hydrogens (tertiary/aromatic N) is 2. The Hall–Kier alpha value is -1.67. The number of hydrogen-bond donors (Lipinski definition) is 0. The molecule has 0 fully saturated rings. The number of Topliss-reactive ketones (excluding diaryl/α,β-unsaturated/α-hetero) is 1. The lowest BCUT2D eigenvalue weighted by atomic mass is 10.1. The molecule has 0 bridgehead atoms. The van der Waals surface area contributed by atoms with E-state index in [0.717, 1.165) is 19.4 Å². The monoisotopic (exact) mass is 478 g/mol. The van der Waals surface area contributed by atoms with Crippen LogP contribution in [-0.2, 0) is 0 Å². The van der Waals surface area contributed by atoms with Gasteiger partial charge in [-0.3, -0.25) is 4.79 Å². The number of halogens is 2. The van der Waals surface area contributed by atoms with Crippen LogP contribution in [0.4, 0.5) is 0 Å². The third-order valence-corrected chi connectivity index (χ3v) is 7.04. The maximum atomic E-state index is 12.6.